The Morgan fingerprint density at radius 3 is 2.44 bits per heavy atom. The second-order valence-electron chi connectivity index (χ2n) is 4.85. The maximum absolute atomic E-state index is 12.0. The predicted molar refractivity (Wildman–Crippen MR) is 71.7 cm³/mol. The molecule has 1 fully saturated rings. The molecule has 0 saturated heterocycles. The minimum absolute atomic E-state index is 0.0605. The summed E-state index contributed by atoms with van der Waals surface area (Å²) in [5.74, 6) is 0.496. The zero-order valence-corrected chi connectivity index (χ0v) is 11.4. The second-order valence-corrected chi connectivity index (χ2v) is 6.62. The molecule has 0 spiro atoms. The van der Waals surface area contributed by atoms with Gasteiger partial charge in [0, 0.05) is 12.6 Å². The normalized spacial score (nSPS) is 17.7. The van der Waals surface area contributed by atoms with Crippen LogP contribution in [0.25, 0.3) is 0 Å². The van der Waals surface area contributed by atoms with E-state index in [0.717, 1.165) is 24.8 Å². The smallest absolute Gasteiger partial charge is 0.240 e. The number of nitrogens with two attached hydrogens (primary N) is 1. The number of sulfonamides is 1. The summed E-state index contributed by atoms with van der Waals surface area (Å²) in [5.41, 5.74) is 7.01. The van der Waals surface area contributed by atoms with Gasteiger partial charge in [-0.25, -0.2) is 13.1 Å². The van der Waals surface area contributed by atoms with Crippen LogP contribution in [0.3, 0.4) is 0 Å². The number of hydrogen-bond acceptors (Lipinski definition) is 3. The quantitative estimate of drug-likeness (QED) is 0.816. The Bertz CT molecular complexity index is 492. The average Bonchev–Trinajstić information content (AvgIpc) is 3.20. The maximum atomic E-state index is 12.0. The molecule has 0 aliphatic heterocycles. The Labute approximate surface area is 109 Å². The van der Waals surface area contributed by atoms with E-state index in [1.807, 2.05) is 19.1 Å². The summed E-state index contributed by atoms with van der Waals surface area (Å²) in [6, 6.07) is 6.91. The van der Waals surface area contributed by atoms with Crippen LogP contribution in [0, 0.1) is 5.92 Å². The van der Waals surface area contributed by atoms with Crippen molar-refractivity contribution >= 4 is 10.0 Å². The molecule has 1 aliphatic rings. The Kier molecular flexibility index (Phi) is 4.04. The summed E-state index contributed by atoms with van der Waals surface area (Å²) in [7, 11) is -3.42. The molecule has 0 bridgehead atoms. The van der Waals surface area contributed by atoms with Crippen LogP contribution in [0.5, 0.6) is 0 Å². The van der Waals surface area contributed by atoms with E-state index in [2.05, 4.69) is 4.72 Å². The number of benzene rings is 1. The van der Waals surface area contributed by atoms with Gasteiger partial charge in [0.05, 0.1) is 4.90 Å². The lowest BCUT2D eigenvalue weighted by molar-refractivity contribution is 0.547. The fourth-order valence-electron chi connectivity index (χ4n) is 1.88. The molecular formula is C13H20N2O2S. The van der Waals surface area contributed by atoms with E-state index in [1.165, 1.54) is 0 Å². The fourth-order valence-corrected chi connectivity index (χ4v) is 2.96. The molecule has 1 aromatic carbocycles. The van der Waals surface area contributed by atoms with Crippen molar-refractivity contribution in [3.05, 3.63) is 29.8 Å². The molecule has 100 valence electrons. The molecule has 1 unspecified atom stereocenters. The van der Waals surface area contributed by atoms with Crippen LogP contribution in [0.4, 0.5) is 0 Å². The number of nitrogens with one attached hydrogen (secondary N) is 1. The van der Waals surface area contributed by atoms with E-state index in [-0.39, 0.29) is 6.04 Å². The zero-order chi connectivity index (χ0) is 13.2. The van der Waals surface area contributed by atoms with Gasteiger partial charge in [-0.15, -0.1) is 0 Å². The summed E-state index contributed by atoms with van der Waals surface area (Å²) in [4.78, 5) is 0.308. The van der Waals surface area contributed by atoms with Crippen LogP contribution < -0.4 is 10.5 Å². The highest BCUT2D eigenvalue weighted by Gasteiger charge is 2.29. The van der Waals surface area contributed by atoms with Crippen LogP contribution in [0.15, 0.2) is 29.2 Å². The minimum Gasteiger partial charge on any atom is -0.326 e. The topological polar surface area (TPSA) is 72.2 Å². The first-order chi connectivity index (χ1) is 8.53. The maximum Gasteiger partial charge on any atom is 0.240 e. The van der Waals surface area contributed by atoms with E-state index < -0.39 is 10.0 Å². The van der Waals surface area contributed by atoms with Gasteiger partial charge in [-0.05, 0) is 42.9 Å². The van der Waals surface area contributed by atoms with Gasteiger partial charge in [0.2, 0.25) is 10.0 Å². The Morgan fingerprint density at radius 2 is 1.94 bits per heavy atom. The van der Waals surface area contributed by atoms with Crippen LogP contribution >= 0.6 is 0 Å². The predicted octanol–water partition coefficient (Wildman–Crippen LogP) is 1.26. The lowest BCUT2D eigenvalue weighted by Gasteiger charge is -2.12. The molecule has 1 aliphatic carbocycles. The lowest BCUT2D eigenvalue weighted by Crippen LogP contribution is -2.38. The molecule has 4 nitrogen and oxygen atoms in total. The van der Waals surface area contributed by atoms with E-state index in [9.17, 15) is 8.42 Å². The zero-order valence-electron chi connectivity index (χ0n) is 10.6. The summed E-state index contributed by atoms with van der Waals surface area (Å²) < 4.78 is 26.6. The number of rotatable bonds is 6. The third-order valence-corrected chi connectivity index (χ3v) is 4.82. The Hall–Kier alpha value is -0.910. The number of hydrogen-bond donors (Lipinski definition) is 2. The molecule has 1 atom stereocenters. The largest absolute Gasteiger partial charge is 0.326 e. The first-order valence-electron chi connectivity index (χ1n) is 6.37. The lowest BCUT2D eigenvalue weighted by atomic mass is 10.2. The molecule has 0 amide bonds. The average molecular weight is 268 g/mol. The van der Waals surface area contributed by atoms with Gasteiger partial charge >= 0.3 is 0 Å². The van der Waals surface area contributed by atoms with Gasteiger partial charge in [0.1, 0.15) is 0 Å². The van der Waals surface area contributed by atoms with E-state index in [0.29, 0.717) is 17.4 Å². The molecule has 0 aromatic heterocycles. The molecule has 3 N–H and O–H groups in total. The SMILES string of the molecule is CCc1ccc(S(=O)(=O)NCC(N)C2CC2)cc1. The fraction of sp³-hybridized carbons (Fsp3) is 0.538. The third kappa shape index (κ3) is 3.31. The first kappa shape index (κ1) is 13.5. The van der Waals surface area contributed by atoms with Gasteiger partial charge in [0.25, 0.3) is 0 Å². The van der Waals surface area contributed by atoms with E-state index in [4.69, 9.17) is 5.73 Å². The van der Waals surface area contributed by atoms with Crippen molar-refractivity contribution in [1.29, 1.82) is 0 Å². The van der Waals surface area contributed by atoms with Crippen molar-refractivity contribution < 1.29 is 8.42 Å². The van der Waals surface area contributed by atoms with Crippen molar-refractivity contribution in [2.24, 2.45) is 11.7 Å². The first-order valence-corrected chi connectivity index (χ1v) is 7.85. The molecule has 0 radical (unpaired) electrons. The monoisotopic (exact) mass is 268 g/mol. The number of aryl methyl sites for hydroxylation is 1. The van der Waals surface area contributed by atoms with Gasteiger partial charge in [-0.1, -0.05) is 19.1 Å². The van der Waals surface area contributed by atoms with Gasteiger partial charge in [-0.2, -0.15) is 0 Å². The van der Waals surface area contributed by atoms with Crippen molar-refractivity contribution in [2.45, 2.75) is 37.1 Å². The molecule has 1 saturated carbocycles. The van der Waals surface area contributed by atoms with E-state index >= 15 is 0 Å². The summed E-state index contributed by atoms with van der Waals surface area (Å²) in [6.07, 6.45) is 3.14. The van der Waals surface area contributed by atoms with Crippen LogP contribution in [0.1, 0.15) is 25.3 Å². The van der Waals surface area contributed by atoms with Crippen LogP contribution in [0.2, 0.25) is 0 Å². The van der Waals surface area contributed by atoms with Crippen molar-refractivity contribution in [1.82, 2.24) is 4.72 Å². The van der Waals surface area contributed by atoms with Crippen molar-refractivity contribution in [3.8, 4) is 0 Å². The highest BCUT2D eigenvalue weighted by Crippen LogP contribution is 2.31. The molecule has 2 rings (SSSR count). The molecule has 5 heteroatoms. The van der Waals surface area contributed by atoms with E-state index in [1.54, 1.807) is 12.1 Å². The molecule has 0 heterocycles. The standard InChI is InChI=1S/C13H20N2O2S/c1-2-10-3-7-12(8-4-10)18(16,17)15-9-13(14)11-5-6-11/h3-4,7-8,11,13,15H,2,5-6,9,14H2,1H3. The summed E-state index contributed by atoms with van der Waals surface area (Å²) in [5, 5.41) is 0. The van der Waals surface area contributed by atoms with Crippen LogP contribution in [-0.2, 0) is 16.4 Å². The second kappa shape index (κ2) is 5.38. The Balaban J connectivity index is 1.99. The van der Waals surface area contributed by atoms with Crippen molar-refractivity contribution in [2.75, 3.05) is 6.54 Å². The third-order valence-electron chi connectivity index (χ3n) is 3.38. The summed E-state index contributed by atoms with van der Waals surface area (Å²) >= 11 is 0. The van der Waals surface area contributed by atoms with Crippen LogP contribution in [-0.4, -0.2) is 21.0 Å². The highest BCUT2D eigenvalue weighted by atomic mass is 32.2. The Morgan fingerprint density at radius 1 is 1.33 bits per heavy atom. The van der Waals surface area contributed by atoms with Crippen molar-refractivity contribution in [3.63, 3.8) is 0 Å². The molecule has 18 heavy (non-hydrogen) atoms. The van der Waals surface area contributed by atoms with Gasteiger partial charge in [0.15, 0.2) is 0 Å². The molecular weight excluding hydrogens is 248 g/mol. The summed E-state index contributed by atoms with van der Waals surface area (Å²) in [6.45, 7) is 2.36. The van der Waals surface area contributed by atoms with Gasteiger partial charge in [-0.3, -0.25) is 0 Å². The van der Waals surface area contributed by atoms with Gasteiger partial charge < -0.3 is 5.73 Å². The molecule has 1 aromatic rings. The minimum atomic E-state index is -3.42. The highest BCUT2D eigenvalue weighted by molar-refractivity contribution is 7.89.